The number of anilines is 2. The highest BCUT2D eigenvalue weighted by Gasteiger charge is 2.36. The van der Waals surface area contributed by atoms with Crippen molar-refractivity contribution in [2.45, 2.75) is 45.4 Å². The van der Waals surface area contributed by atoms with Gasteiger partial charge in [0.2, 0.25) is 0 Å². The van der Waals surface area contributed by atoms with E-state index >= 15 is 0 Å². The molecule has 0 atom stereocenters. The Morgan fingerprint density at radius 2 is 1.31 bits per heavy atom. The van der Waals surface area contributed by atoms with Crippen molar-refractivity contribution in [3.8, 4) is 11.1 Å². The molecule has 0 spiro atoms. The molecule has 0 fully saturated rings. The van der Waals surface area contributed by atoms with Gasteiger partial charge >= 0.3 is 0 Å². The van der Waals surface area contributed by atoms with Gasteiger partial charge in [-0.25, -0.2) is 0 Å². The van der Waals surface area contributed by atoms with Crippen LogP contribution in [-0.2, 0) is 10.8 Å². The van der Waals surface area contributed by atoms with Gasteiger partial charge in [-0.05, 0) is 57.5 Å². The first kappa shape index (κ1) is 16.9. The molecule has 1 heteroatoms. The predicted octanol–water partition coefficient (Wildman–Crippen LogP) is 7.03. The Bertz CT molecular complexity index is 959. The first-order valence-electron chi connectivity index (χ1n) is 9.39. The average molecular weight is 341 g/mol. The van der Waals surface area contributed by atoms with Crippen molar-refractivity contribution in [2.75, 3.05) is 5.32 Å². The van der Waals surface area contributed by atoms with Crippen LogP contribution >= 0.6 is 0 Å². The Balaban J connectivity index is 1.78. The summed E-state index contributed by atoms with van der Waals surface area (Å²) < 4.78 is 0. The van der Waals surface area contributed by atoms with Gasteiger partial charge in [0.05, 0.1) is 0 Å². The van der Waals surface area contributed by atoms with E-state index in [1.165, 1.54) is 27.8 Å². The highest BCUT2D eigenvalue weighted by atomic mass is 14.9. The number of hydrogen-bond donors (Lipinski definition) is 1. The summed E-state index contributed by atoms with van der Waals surface area (Å²) in [5.74, 6) is 0. The standard InChI is InChI=1S/C25H27N/c1-24(2,3)17-11-13-20-21-14-12-19(26-18-9-7-6-8-10-18)16-23(21)25(4,5)22(20)15-17/h6-16,26H,1-5H3. The second-order valence-corrected chi connectivity index (χ2v) is 8.89. The van der Waals surface area contributed by atoms with Crippen molar-refractivity contribution in [1.82, 2.24) is 0 Å². The van der Waals surface area contributed by atoms with Crippen LogP contribution < -0.4 is 5.32 Å². The molecule has 0 saturated heterocycles. The molecule has 1 N–H and O–H groups in total. The molecular formula is C25H27N. The molecule has 132 valence electrons. The molecule has 1 nitrogen and oxygen atoms in total. The lowest BCUT2D eigenvalue weighted by atomic mass is 9.79. The zero-order valence-corrected chi connectivity index (χ0v) is 16.4. The summed E-state index contributed by atoms with van der Waals surface area (Å²) in [6, 6.07) is 24.2. The van der Waals surface area contributed by atoms with Crippen LogP contribution in [0.15, 0.2) is 66.7 Å². The van der Waals surface area contributed by atoms with Crippen LogP contribution in [0.25, 0.3) is 11.1 Å². The van der Waals surface area contributed by atoms with E-state index in [1.54, 1.807) is 0 Å². The van der Waals surface area contributed by atoms with Gasteiger partial charge in [0.25, 0.3) is 0 Å². The summed E-state index contributed by atoms with van der Waals surface area (Å²) in [7, 11) is 0. The van der Waals surface area contributed by atoms with Gasteiger partial charge in [0.15, 0.2) is 0 Å². The second-order valence-electron chi connectivity index (χ2n) is 8.89. The fourth-order valence-corrected chi connectivity index (χ4v) is 3.97. The first-order valence-corrected chi connectivity index (χ1v) is 9.39. The maximum atomic E-state index is 3.53. The summed E-state index contributed by atoms with van der Waals surface area (Å²) in [5, 5.41) is 3.53. The van der Waals surface area contributed by atoms with E-state index in [0.29, 0.717) is 0 Å². The summed E-state index contributed by atoms with van der Waals surface area (Å²) in [5.41, 5.74) is 9.44. The van der Waals surface area contributed by atoms with Crippen LogP contribution in [0.5, 0.6) is 0 Å². The predicted molar refractivity (Wildman–Crippen MR) is 112 cm³/mol. The van der Waals surface area contributed by atoms with E-state index in [9.17, 15) is 0 Å². The normalized spacial score (nSPS) is 14.7. The van der Waals surface area contributed by atoms with Crippen molar-refractivity contribution in [1.29, 1.82) is 0 Å². The van der Waals surface area contributed by atoms with Gasteiger partial charge in [0.1, 0.15) is 0 Å². The van der Waals surface area contributed by atoms with Gasteiger partial charge in [0, 0.05) is 16.8 Å². The van der Waals surface area contributed by atoms with Crippen LogP contribution in [-0.4, -0.2) is 0 Å². The Hall–Kier alpha value is -2.54. The third kappa shape index (κ3) is 2.72. The maximum Gasteiger partial charge on any atom is 0.0387 e. The lowest BCUT2D eigenvalue weighted by molar-refractivity contribution is 0.585. The summed E-state index contributed by atoms with van der Waals surface area (Å²) >= 11 is 0. The monoisotopic (exact) mass is 341 g/mol. The maximum absolute atomic E-state index is 3.53. The number of hydrogen-bond acceptors (Lipinski definition) is 1. The number of para-hydroxylation sites is 1. The quantitative estimate of drug-likeness (QED) is 0.527. The lowest BCUT2D eigenvalue weighted by Crippen LogP contribution is -2.17. The molecule has 0 bridgehead atoms. The Morgan fingerprint density at radius 1 is 0.692 bits per heavy atom. The molecular weight excluding hydrogens is 314 g/mol. The third-order valence-corrected chi connectivity index (χ3v) is 5.60. The SMILES string of the molecule is CC(C)(C)c1ccc2c(c1)C(C)(C)c1cc(Nc3ccccc3)ccc1-2. The highest BCUT2D eigenvalue weighted by Crippen LogP contribution is 2.50. The van der Waals surface area contributed by atoms with E-state index in [-0.39, 0.29) is 10.8 Å². The second kappa shape index (κ2) is 5.74. The molecule has 1 aliphatic rings. The summed E-state index contributed by atoms with van der Waals surface area (Å²) in [4.78, 5) is 0. The van der Waals surface area contributed by atoms with Crippen molar-refractivity contribution in [2.24, 2.45) is 0 Å². The fourth-order valence-electron chi connectivity index (χ4n) is 3.97. The molecule has 0 aliphatic heterocycles. The molecule has 1 aliphatic carbocycles. The van der Waals surface area contributed by atoms with Crippen molar-refractivity contribution in [3.63, 3.8) is 0 Å². The Morgan fingerprint density at radius 3 is 1.96 bits per heavy atom. The van der Waals surface area contributed by atoms with Crippen LogP contribution in [0.2, 0.25) is 0 Å². The molecule has 0 heterocycles. The summed E-state index contributed by atoms with van der Waals surface area (Å²) in [6.45, 7) is 11.5. The smallest absolute Gasteiger partial charge is 0.0387 e. The molecule has 0 radical (unpaired) electrons. The topological polar surface area (TPSA) is 12.0 Å². The number of rotatable bonds is 2. The zero-order chi connectivity index (χ0) is 18.5. The van der Waals surface area contributed by atoms with E-state index < -0.39 is 0 Å². The van der Waals surface area contributed by atoms with E-state index in [0.717, 1.165) is 11.4 Å². The molecule has 0 unspecified atom stereocenters. The first-order chi connectivity index (χ1) is 12.3. The van der Waals surface area contributed by atoms with Crippen LogP contribution in [0.3, 0.4) is 0 Å². The largest absolute Gasteiger partial charge is 0.356 e. The molecule has 3 aromatic rings. The van der Waals surface area contributed by atoms with Gasteiger partial charge in [-0.1, -0.05) is 77.1 Å². The fraction of sp³-hybridized carbons (Fsp3) is 0.280. The number of fused-ring (bicyclic) bond motifs is 3. The minimum absolute atomic E-state index is 0.0142. The van der Waals surface area contributed by atoms with Gasteiger partial charge < -0.3 is 5.32 Å². The van der Waals surface area contributed by atoms with Crippen LogP contribution in [0.1, 0.15) is 51.3 Å². The Labute approximate surface area is 157 Å². The number of benzene rings is 3. The minimum Gasteiger partial charge on any atom is -0.356 e. The number of nitrogens with one attached hydrogen (secondary N) is 1. The zero-order valence-electron chi connectivity index (χ0n) is 16.4. The average Bonchev–Trinajstić information content (AvgIpc) is 2.82. The highest BCUT2D eigenvalue weighted by molar-refractivity contribution is 5.83. The third-order valence-electron chi connectivity index (χ3n) is 5.60. The van der Waals surface area contributed by atoms with Crippen molar-refractivity contribution in [3.05, 3.63) is 83.4 Å². The Kier molecular flexibility index (Phi) is 3.73. The van der Waals surface area contributed by atoms with Crippen molar-refractivity contribution < 1.29 is 0 Å². The van der Waals surface area contributed by atoms with Gasteiger partial charge in [-0.3, -0.25) is 0 Å². The molecule has 26 heavy (non-hydrogen) atoms. The summed E-state index contributed by atoms with van der Waals surface area (Å²) in [6.07, 6.45) is 0. The van der Waals surface area contributed by atoms with E-state index in [1.807, 2.05) is 6.07 Å². The van der Waals surface area contributed by atoms with Crippen molar-refractivity contribution >= 4 is 11.4 Å². The van der Waals surface area contributed by atoms with Gasteiger partial charge in [-0.2, -0.15) is 0 Å². The lowest BCUT2D eigenvalue weighted by Gasteiger charge is -2.25. The molecule has 3 aromatic carbocycles. The van der Waals surface area contributed by atoms with E-state index in [4.69, 9.17) is 0 Å². The molecule has 4 rings (SSSR count). The molecule has 0 aromatic heterocycles. The molecule has 0 amide bonds. The van der Waals surface area contributed by atoms with Crippen LogP contribution in [0, 0.1) is 0 Å². The van der Waals surface area contributed by atoms with E-state index in [2.05, 4.69) is 101 Å². The van der Waals surface area contributed by atoms with Crippen LogP contribution in [0.4, 0.5) is 11.4 Å². The van der Waals surface area contributed by atoms with Gasteiger partial charge in [-0.15, -0.1) is 0 Å². The molecule has 0 saturated carbocycles. The minimum atomic E-state index is 0.0142.